The van der Waals surface area contributed by atoms with Gasteiger partial charge in [0.1, 0.15) is 0 Å². The highest BCUT2D eigenvalue weighted by molar-refractivity contribution is 7.87. The molecule has 0 amide bonds. The largest absolute Gasteiger partial charge is 0.270 e. The standard InChI is InChI=1S/C19H32O3S/c1-4-7-16-10-11-17(14-16)8-6-9-18-12-15(3)13-19(18)23(20,21)22-5-2/h4,6-7,9,15-19H,5,8,10-14H2,1-3H3/b7-4+,9-6+. The number of hydrogen-bond acceptors (Lipinski definition) is 3. The molecule has 0 spiro atoms. The van der Waals surface area contributed by atoms with E-state index in [0.717, 1.165) is 31.1 Å². The summed E-state index contributed by atoms with van der Waals surface area (Å²) in [6.07, 6.45) is 15.5. The molecule has 0 aliphatic heterocycles. The average Bonchev–Trinajstić information content (AvgIpc) is 3.07. The predicted octanol–water partition coefficient (Wildman–Crippen LogP) is 4.71. The first-order valence-corrected chi connectivity index (χ1v) is 10.6. The molecule has 0 aromatic rings. The van der Waals surface area contributed by atoms with Crippen molar-refractivity contribution in [1.29, 1.82) is 0 Å². The van der Waals surface area contributed by atoms with E-state index >= 15 is 0 Å². The third kappa shape index (κ3) is 5.18. The average molecular weight is 341 g/mol. The molecule has 5 atom stereocenters. The molecular formula is C19H32O3S. The molecule has 4 heteroatoms. The van der Waals surface area contributed by atoms with Gasteiger partial charge in [-0.3, -0.25) is 4.18 Å². The van der Waals surface area contributed by atoms with Gasteiger partial charge in [-0.05, 0) is 76.0 Å². The van der Waals surface area contributed by atoms with E-state index in [4.69, 9.17) is 4.18 Å². The van der Waals surface area contributed by atoms with Crippen LogP contribution in [0.1, 0.15) is 59.3 Å². The van der Waals surface area contributed by atoms with Gasteiger partial charge in [0.2, 0.25) is 0 Å². The van der Waals surface area contributed by atoms with Crippen molar-refractivity contribution in [3.63, 3.8) is 0 Å². The Morgan fingerprint density at radius 2 is 1.91 bits per heavy atom. The monoisotopic (exact) mass is 340 g/mol. The van der Waals surface area contributed by atoms with Crippen LogP contribution in [0.5, 0.6) is 0 Å². The molecule has 0 aromatic heterocycles. The van der Waals surface area contributed by atoms with Gasteiger partial charge in [0.15, 0.2) is 0 Å². The van der Waals surface area contributed by atoms with E-state index in [1.165, 1.54) is 19.3 Å². The Morgan fingerprint density at radius 3 is 2.61 bits per heavy atom. The molecule has 2 fully saturated rings. The first-order valence-electron chi connectivity index (χ1n) is 9.14. The van der Waals surface area contributed by atoms with Crippen LogP contribution in [0.2, 0.25) is 0 Å². The quantitative estimate of drug-likeness (QED) is 0.498. The number of rotatable bonds is 7. The topological polar surface area (TPSA) is 43.4 Å². The van der Waals surface area contributed by atoms with Gasteiger partial charge < -0.3 is 0 Å². The predicted molar refractivity (Wildman–Crippen MR) is 95.6 cm³/mol. The summed E-state index contributed by atoms with van der Waals surface area (Å²) in [5, 5.41) is -0.354. The Morgan fingerprint density at radius 1 is 1.13 bits per heavy atom. The number of allylic oxidation sites excluding steroid dienone is 4. The fraction of sp³-hybridized carbons (Fsp3) is 0.789. The van der Waals surface area contributed by atoms with Gasteiger partial charge in [0.25, 0.3) is 10.1 Å². The zero-order chi connectivity index (χ0) is 16.9. The molecule has 0 N–H and O–H groups in total. The van der Waals surface area contributed by atoms with Crippen molar-refractivity contribution in [2.45, 2.75) is 64.5 Å². The Labute approximate surface area is 142 Å². The minimum Gasteiger partial charge on any atom is -0.270 e. The van der Waals surface area contributed by atoms with Gasteiger partial charge in [0, 0.05) is 0 Å². The fourth-order valence-corrected chi connectivity index (χ4v) is 5.99. The minimum absolute atomic E-state index is 0.120. The molecule has 0 saturated heterocycles. The smallest absolute Gasteiger partial charge is 0.270 e. The highest BCUT2D eigenvalue weighted by Gasteiger charge is 2.40. The molecule has 132 valence electrons. The summed E-state index contributed by atoms with van der Waals surface area (Å²) in [7, 11) is -3.42. The number of hydrogen-bond donors (Lipinski definition) is 0. The molecule has 0 heterocycles. The fourth-order valence-electron chi connectivity index (χ4n) is 4.29. The second-order valence-electron chi connectivity index (χ2n) is 7.31. The summed E-state index contributed by atoms with van der Waals surface area (Å²) < 4.78 is 29.6. The second kappa shape index (κ2) is 8.48. The van der Waals surface area contributed by atoms with E-state index in [2.05, 4.69) is 38.2 Å². The Hall–Kier alpha value is -0.610. The van der Waals surface area contributed by atoms with Gasteiger partial charge in [-0.15, -0.1) is 0 Å². The maximum atomic E-state index is 12.3. The lowest BCUT2D eigenvalue weighted by atomic mass is 9.99. The van der Waals surface area contributed by atoms with Crippen LogP contribution in [-0.2, 0) is 14.3 Å². The summed E-state index contributed by atoms with van der Waals surface area (Å²) in [4.78, 5) is 0. The molecule has 0 bridgehead atoms. The van der Waals surface area contributed by atoms with Crippen molar-refractivity contribution in [2.75, 3.05) is 6.61 Å². The van der Waals surface area contributed by atoms with E-state index in [-0.39, 0.29) is 17.8 Å². The third-order valence-electron chi connectivity index (χ3n) is 5.34. The summed E-state index contributed by atoms with van der Waals surface area (Å²) in [5.74, 6) is 2.08. The van der Waals surface area contributed by atoms with Crippen molar-refractivity contribution >= 4 is 10.1 Å². The normalized spacial score (nSPS) is 35.7. The summed E-state index contributed by atoms with van der Waals surface area (Å²) in [6, 6.07) is 0. The molecule has 0 aromatic carbocycles. The van der Waals surface area contributed by atoms with Crippen LogP contribution < -0.4 is 0 Å². The summed E-state index contributed by atoms with van der Waals surface area (Å²) in [6.45, 7) is 6.20. The Balaban J connectivity index is 1.90. The molecule has 2 rings (SSSR count). The highest BCUT2D eigenvalue weighted by Crippen LogP contribution is 2.38. The molecular weight excluding hydrogens is 308 g/mol. The molecule has 2 saturated carbocycles. The summed E-state index contributed by atoms with van der Waals surface area (Å²) in [5.41, 5.74) is 0. The van der Waals surface area contributed by atoms with E-state index in [9.17, 15) is 8.42 Å². The van der Waals surface area contributed by atoms with E-state index in [1.807, 2.05) is 0 Å². The van der Waals surface area contributed by atoms with Crippen molar-refractivity contribution in [1.82, 2.24) is 0 Å². The first-order chi connectivity index (χ1) is 11.0. The zero-order valence-electron chi connectivity index (χ0n) is 14.8. The summed E-state index contributed by atoms with van der Waals surface area (Å²) >= 11 is 0. The van der Waals surface area contributed by atoms with Crippen LogP contribution in [0, 0.1) is 23.7 Å². The molecule has 5 unspecified atom stereocenters. The van der Waals surface area contributed by atoms with Gasteiger partial charge >= 0.3 is 0 Å². The molecule has 0 radical (unpaired) electrons. The Bertz CT molecular complexity index is 521. The van der Waals surface area contributed by atoms with Gasteiger partial charge in [-0.1, -0.05) is 31.2 Å². The van der Waals surface area contributed by atoms with Crippen molar-refractivity contribution in [3.8, 4) is 0 Å². The lowest BCUT2D eigenvalue weighted by Crippen LogP contribution is -2.26. The maximum Gasteiger partial charge on any atom is 0.270 e. The van der Waals surface area contributed by atoms with Gasteiger partial charge in [-0.2, -0.15) is 8.42 Å². The SMILES string of the molecule is C/C=C/C1CCC(C/C=C/C2CC(C)CC2S(=O)(=O)OCC)C1. The van der Waals surface area contributed by atoms with E-state index < -0.39 is 10.1 Å². The van der Waals surface area contributed by atoms with E-state index in [1.54, 1.807) is 6.92 Å². The van der Waals surface area contributed by atoms with Crippen molar-refractivity contribution < 1.29 is 12.6 Å². The van der Waals surface area contributed by atoms with Crippen LogP contribution in [0.15, 0.2) is 24.3 Å². The Kier molecular flexibility index (Phi) is 6.90. The van der Waals surface area contributed by atoms with Crippen molar-refractivity contribution in [3.05, 3.63) is 24.3 Å². The molecule has 2 aliphatic carbocycles. The van der Waals surface area contributed by atoms with Crippen LogP contribution in [0.3, 0.4) is 0 Å². The van der Waals surface area contributed by atoms with Crippen LogP contribution >= 0.6 is 0 Å². The molecule has 2 aliphatic rings. The van der Waals surface area contributed by atoms with Gasteiger partial charge in [0.05, 0.1) is 11.9 Å². The van der Waals surface area contributed by atoms with Crippen LogP contribution in [0.4, 0.5) is 0 Å². The lowest BCUT2D eigenvalue weighted by Gasteiger charge is -2.16. The highest BCUT2D eigenvalue weighted by atomic mass is 32.2. The maximum absolute atomic E-state index is 12.3. The molecule has 23 heavy (non-hydrogen) atoms. The third-order valence-corrected chi connectivity index (χ3v) is 7.19. The zero-order valence-corrected chi connectivity index (χ0v) is 15.6. The first kappa shape index (κ1) is 18.7. The molecule has 3 nitrogen and oxygen atoms in total. The minimum atomic E-state index is -3.42. The van der Waals surface area contributed by atoms with Crippen molar-refractivity contribution in [2.24, 2.45) is 23.7 Å². The lowest BCUT2D eigenvalue weighted by molar-refractivity contribution is 0.326. The van der Waals surface area contributed by atoms with Crippen LogP contribution in [0.25, 0.3) is 0 Å². The van der Waals surface area contributed by atoms with Crippen LogP contribution in [-0.4, -0.2) is 20.3 Å². The second-order valence-corrected chi connectivity index (χ2v) is 9.13. The van der Waals surface area contributed by atoms with Gasteiger partial charge in [-0.25, -0.2) is 0 Å². The van der Waals surface area contributed by atoms with E-state index in [0.29, 0.717) is 5.92 Å².